The molecule has 0 spiro atoms. The van der Waals surface area contributed by atoms with Crippen LogP contribution < -0.4 is 5.32 Å². The largest absolute Gasteiger partial charge is 0.332 e. The van der Waals surface area contributed by atoms with E-state index in [1.807, 2.05) is 7.05 Å². The summed E-state index contributed by atoms with van der Waals surface area (Å²) in [5.74, 6) is 1.98. The molecule has 0 saturated carbocycles. The second-order valence-electron chi connectivity index (χ2n) is 4.34. The quantitative estimate of drug-likeness (QED) is 0.771. The van der Waals surface area contributed by atoms with Gasteiger partial charge in [0.05, 0.1) is 5.69 Å². The van der Waals surface area contributed by atoms with Crippen molar-refractivity contribution in [3.8, 4) is 0 Å². The molecular weight excluding hydrogens is 174 g/mol. The summed E-state index contributed by atoms with van der Waals surface area (Å²) < 4.78 is 2.39. The zero-order valence-electron chi connectivity index (χ0n) is 9.30. The normalized spacial score (nSPS) is 20.9. The van der Waals surface area contributed by atoms with Gasteiger partial charge in [-0.25, -0.2) is 4.98 Å². The van der Waals surface area contributed by atoms with Crippen molar-refractivity contribution in [2.45, 2.75) is 39.8 Å². The van der Waals surface area contributed by atoms with Gasteiger partial charge in [-0.1, -0.05) is 6.92 Å². The van der Waals surface area contributed by atoms with E-state index < -0.39 is 0 Å². The topological polar surface area (TPSA) is 29.9 Å². The van der Waals surface area contributed by atoms with Crippen LogP contribution in [-0.4, -0.2) is 16.6 Å². The SMILES string of the molecule is CNCc1nc(C)n2c1CCC(C)C2. The molecule has 3 heteroatoms. The van der Waals surface area contributed by atoms with Crippen LogP contribution in [0.4, 0.5) is 0 Å². The Morgan fingerprint density at radius 2 is 2.36 bits per heavy atom. The van der Waals surface area contributed by atoms with E-state index in [2.05, 4.69) is 28.7 Å². The fraction of sp³-hybridized carbons (Fsp3) is 0.727. The minimum Gasteiger partial charge on any atom is -0.332 e. The molecule has 1 N–H and O–H groups in total. The van der Waals surface area contributed by atoms with Crippen LogP contribution in [0.15, 0.2) is 0 Å². The predicted octanol–water partition coefficient (Wildman–Crippen LogP) is 1.49. The Bertz CT molecular complexity index is 328. The zero-order chi connectivity index (χ0) is 10.1. The van der Waals surface area contributed by atoms with Gasteiger partial charge < -0.3 is 9.88 Å². The number of imidazole rings is 1. The predicted molar refractivity (Wildman–Crippen MR) is 57.2 cm³/mol. The first-order valence-corrected chi connectivity index (χ1v) is 5.42. The Balaban J connectivity index is 2.33. The van der Waals surface area contributed by atoms with E-state index in [-0.39, 0.29) is 0 Å². The molecule has 2 heterocycles. The molecule has 0 aromatic carbocycles. The van der Waals surface area contributed by atoms with Gasteiger partial charge in [-0.15, -0.1) is 0 Å². The summed E-state index contributed by atoms with van der Waals surface area (Å²) >= 11 is 0. The number of rotatable bonds is 2. The molecule has 0 amide bonds. The molecule has 1 aromatic rings. The summed E-state index contributed by atoms with van der Waals surface area (Å²) in [4.78, 5) is 4.62. The van der Waals surface area contributed by atoms with Crippen molar-refractivity contribution >= 4 is 0 Å². The van der Waals surface area contributed by atoms with E-state index in [1.54, 1.807) is 0 Å². The average Bonchev–Trinajstić information content (AvgIpc) is 2.44. The van der Waals surface area contributed by atoms with E-state index in [9.17, 15) is 0 Å². The summed E-state index contributed by atoms with van der Waals surface area (Å²) in [6.07, 6.45) is 2.50. The second-order valence-corrected chi connectivity index (χ2v) is 4.34. The first kappa shape index (κ1) is 9.71. The Hall–Kier alpha value is -0.830. The number of fused-ring (bicyclic) bond motifs is 1. The van der Waals surface area contributed by atoms with Gasteiger partial charge in [-0.05, 0) is 32.7 Å². The maximum absolute atomic E-state index is 4.62. The lowest BCUT2D eigenvalue weighted by Crippen LogP contribution is -2.20. The Morgan fingerprint density at radius 1 is 1.57 bits per heavy atom. The summed E-state index contributed by atoms with van der Waals surface area (Å²) in [7, 11) is 1.98. The van der Waals surface area contributed by atoms with Gasteiger partial charge >= 0.3 is 0 Å². The third-order valence-electron chi connectivity index (χ3n) is 3.06. The molecular formula is C11H19N3. The molecule has 14 heavy (non-hydrogen) atoms. The van der Waals surface area contributed by atoms with Crippen LogP contribution in [0.1, 0.15) is 30.6 Å². The molecule has 1 atom stereocenters. The molecule has 0 aliphatic carbocycles. The number of aryl methyl sites for hydroxylation is 1. The van der Waals surface area contributed by atoms with Crippen molar-refractivity contribution in [3.63, 3.8) is 0 Å². The number of aromatic nitrogens is 2. The van der Waals surface area contributed by atoms with Gasteiger partial charge in [0.15, 0.2) is 0 Å². The highest BCUT2D eigenvalue weighted by Crippen LogP contribution is 2.23. The van der Waals surface area contributed by atoms with Gasteiger partial charge in [0, 0.05) is 18.8 Å². The van der Waals surface area contributed by atoms with Gasteiger partial charge in [0.2, 0.25) is 0 Å². The Labute approximate surface area is 85.5 Å². The van der Waals surface area contributed by atoms with Crippen molar-refractivity contribution in [2.75, 3.05) is 7.05 Å². The van der Waals surface area contributed by atoms with Crippen LogP contribution in [0.5, 0.6) is 0 Å². The number of nitrogens with one attached hydrogen (secondary N) is 1. The van der Waals surface area contributed by atoms with Gasteiger partial charge in [-0.3, -0.25) is 0 Å². The Morgan fingerprint density at radius 3 is 3.07 bits per heavy atom. The fourth-order valence-corrected chi connectivity index (χ4v) is 2.29. The lowest BCUT2D eigenvalue weighted by Gasteiger charge is -2.22. The maximum Gasteiger partial charge on any atom is 0.106 e. The summed E-state index contributed by atoms with van der Waals surface area (Å²) in [6.45, 7) is 6.48. The monoisotopic (exact) mass is 193 g/mol. The number of hydrogen-bond acceptors (Lipinski definition) is 2. The van der Waals surface area contributed by atoms with Crippen molar-refractivity contribution in [3.05, 3.63) is 17.2 Å². The third-order valence-corrected chi connectivity index (χ3v) is 3.06. The molecule has 1 aliphatic rings. The second kappa shape index (κ2) is 3.73. The van der Waals surface area contributed by atoms with Crippen LogP contribution in [0, 0.1) is 12.8 Å². The van der Waals surface area contributed by atoms with Crippen molar-refractivity contribution in [2.24, 2.45) is 5.92 Å². The smallest absolute Gasteiger partial charge is 0.106 e. The molecule has 0 radical (unpaired) electrons. The van der Waals surface area contributed by atoms with E-state index >= 15 is 0 Å². The van der Waals surface area contributed by atoms with Crippen molar-refractivity contribution < 1.29 is 0 Å². The van der Waals surface area contributed by atoms with Crippen molar-refractivity contribution in [1.29, 1.82) is 0 Å². The zero-order valence-corrected chi connectivity index (χ0v) is 9.30. The van der Waals surface area contributed by atoms with Crippen molar-refractivity contribution in [1.82, 2.24) is 14.9 Å². The molecule has 3 nitrogen and oxygen atoms in total. The van der Waals surface area contributed by atoms with Crippen LogP contribution in [0.25, 0.3) is 0 Å². The van der Waals surface area contributed by atoms with Crippen LogP contribution in [0.3, 0.4) is 0 Å². The number of hydrogen-bond donors (Lipinski definition) is 1. The van der Waals surface area contributed by atoms with Crippen LogP contribution >= 0.6 is 0 Å². The minimum absolute atomic E-state index is 0.804. The van der Waals surface area contributed by atoms with Gasteiger partial charge in [0.25, 0.3) is 0 Å². The highest BCUT2D eigenvalue weighted by molar-refractivity contribution is 5.19. The van der Waals surface area contributed by atoms with E-state index in [4.69, 9.17) is 0 Å². The maximum atomic E-state index is 4.62. The first-order chi connectivity index (χ1) is 6.72. The molecule has 1 aromatic heterocycles. The van der Waals surface area contributed by atoms with E-state index in [1.165, 1.54) is 30.1 Å². The fourth-order valence-electron chi connectivity index (χ4n) is 2.29. The molecule has 0 fully saturated rings. The highest BCUT2D eigenvalue weighted by Gasteiger charge is 2.20. The molecule has 78 valence electrons. The molecule has 2 rings (SSSR count). The standard InChI is InChI=1S/C11H19N3/c1-8-4-5-11-10(6-12-3)13-9(2)14(11)7-8/h8,12H,4-7H2,1-3H3. The van der Waals surface area contributed by atoms with E-state index in [0.29, 0.717) is 0 Å². The summed E-state index contributed by atoms with van der Waals surface area (Å²) in [6, 6.07) is 0. The van der Waals surface area contributed by atoms with Gasteiger partial charge in [0.1, 0.15) is 5.82 Å². The average molecular weight is 193 g/mol. The van der Waals surface area contributed by atoms with Gasteiger partial charge in [-0.2, -0.15) is 0 Å². The van der Waals surface area contributed by atoms with Crippen LogP contribution in [0.2, 0.25) is 0 Å². The highest BCUT2D eigenvalue weighted by atomic mass is 15.1. The van der Waals surface area contributed by atoms with E-state index in [0.717, 1.165) is 19.0 Å². The lowest BCUT2D eigenvalue weighted by atomic mass is 9.99. The molecule has 0 saturated heterocycles. The number of nitrogens with zero attached hydrogens (tertiary/aromatic N) is 2. The van der Waals surface area contributed by atoms with Crippen LogP contribution in [-0.2, 0) is 19.5 Å². The molecule has 0 bridgehead atoms. The Kier molecular flexibility index (Phi) is 2.59. The lowest BCUT2D eigenvalue weighted by molar-refractivity contribution is 0.392. The summed E-state index contributed by atoms with van der Waals surface area (Å²) in [5.41, 5.74) is 2.70. The summed E-state index contributed by atoms with van der Waals surface area (Å²) in [5, 5.41) is 3.18. The molecule has 1 aliphatic heterocycles. The minimum atomic E-state index is 0.804. The first-order valence-electron chi connectivity index (χ1n) is 5.42. The molecule has 1 unspecified atom stereocenters. The third kappa shape index (κ3) is 1.57.